The van der Waals surface area contributed by atoms with Crippen LogP contribution in [0.2, 0.25) is 10.0 Å². The number of rotatable bonds is 9. The molecule has 0 fully saturated rings. The van der Waals surface area contributed by atoms with E-state index in [2.05, 4.69) is 44.5 Å². The Kier molecular flexibility index (Phi) is 11.6. The Morgan fingerprint density at radius 3 is 2.59 bits per heavy atom. The monoisotopic (exact) mass is 572 g/mol. The SMILES string of the molecule is C[CH-]N(CN)CNCCn1c2ccc(Cl)cc2c2ccc(Nc3cc(Cl)c(C)cn3)cc21.[CH3-].[Sr+2]. The normalized spacial score (nSPS) is 11.0. The van der Waals surface area contributed by atoms with Gasteiger partial charge in [-0.05, 0) is 48.9 Å². The largest absolute Gasteiger partial charge is 2.00 e. The third-order valence-electron chi connectivity index (χ3n) is 5.56. The van der Waals surface area contributed by atoms with Crippen LogP contribution in [0.3, 0.4) is 0 Å². The first-order valence-electron chi connectivity index (χ1n) is 10.5. The number of aryl methyl sites for hydroxylation is 1. The topological polar surface area (TPSA) is 71.1 Å². The van der Waals surface area contributed by atoms with Crippen molar-refractivity contribution in [1.29, 1.82) is 0 Å². The van der Waals surface area contributed by atoms with Crippen LogP contribution in [0.15, 0.2) is 48.7 Å². The molecule has 176 valence electrons. The van der Waals surface area contributed by atoms with Gasteiger partial charge in [-0.1, -0.05) is 29.3 Å². The third kappa shape index (κ3) is 6.66. The summed E-state index contributed by atoms with van der Waals surface area (Å²) in [5.41, 5.74) is 9.91. The summed E-state index contributed by atoms with van der Waals surface area (Å²) >= 11 is 12.6. The number of hydrogen-bond acceptors (Lipinski definition) is 5. The smallest absolute Gasteiger partial charge is 0.433 e. The summed E-state index contributed by atoms with van der Waals surface area (Å²) in [5, 5.41) is 10.5. The van der Waals surface area contributed by atoms with Gasteiger partial charge in [-0.25, -0.2) is 4.98 Å². The minimum Gasteiger partial charge on any atom is -0.433 e. The van der Waals surface area contributed by atoms with E-state index in [9.17, 15) is 0 Å². The molecule has 2 aromatic carbocycles. The molecule has 9 heteroatoms. The Balaban J connectivity index is 0.00000204. The number of anilines is 2. The summed E-state index contributed by atoms with van der Waals surface area (Å²) in [6.45, 7) is 8.72. The first-order chi connectivity index (χ1) is 15.5. The number of benzene rings is 2. The number of nitrogens with one attached hydrogen (secondary N) is 2. The van der Waals surface area contributed by atoms with Gasteiger partial charge in [-0.3, -0.25) is 6.54 Å². The first kappa shape index (κ1) is 29.4. The van der Waals surface area contributed by atoms with E-state index in [4.69, 9.17) is 28.9 Å². The molecule has 0 radical (unpaired) electrons. The molecule has 4 rings (SSSR count). The summed E-state index contributed by atoms with van der Waals surface area (Å²) < 4.78 is 2.32. The summed E-state index contributed by atoms with van der Waals surface area (Å²) in [5.74, 6) is 0.713. The maximum Gasteiger partial charge on any atom is 2.00 e. The van der Waals surface area contributed by atoms with Crippen molar-refractivity contribution in [3.05, 3.63) is 78.2 Å². The molecule has 4 aromatic rings. The van der Waals surface area contributed by atoms with Crippen LogP contribution in [0.25, 0.3) is 21.8 Å². The molecule has 0 aliphatic carbocycles. The van der Waals surface area contributed by atoms with E-state index in [1.165, 1.54) is 0 Å². The summed E-state index contributed by atoms with van der Waals surface area (Å²) in [6, 6.07) is 14.2. The molecule has 0 spiro atoms. The van der Waals surface area contributed by atoms with Crippen LogP contribution in [0.5, 0.6) is 0 Å². The van der Waals surface area contributed by atoms with Crippen LogP contribution < -0.4 is 16.4 Å². The van der Waals surface area contributed by atoms with Crippen molar-refractivity contribution in [2.24, 2.45) is 5.73 Å². The van der Waals surface area contributed by atoms with Crippen LogP contribution in [-0.4, -0.2) is 79.8 Å². The molecule has 2 aromatic heterocycles. The maximum atomic E-state index is 6.31. The summed E-state index contributed by atoms with van der Waals surface area (Å²) in [6.07, 6.45) is 1.77. The number of aromatic nitrogens is 2. The van der Waals surface area contributed by atoms with E-state index < -0.39 is 0 Å². The van der Waals surface area contributed by atoms with Crippen molar-refractivity contribution in [3.63, 3.8) is 0 Å². The number of halogens is 2. The fraction of sp³-hybridized carbons (Fsp3) is 0.240. The second-order valence-electron chi connectivity index (χ2n) is 7.68. The van der Waals surface area contributed by atoms with Gasteiger partial charge in [-0.15, -0.1) is 0 Å². The Bertz CT molecular complexity index is 1240. The molecule has 0 atom stereocenters. The van der Waals surface area contributed by atoms with Crippen LogP contribution in [-0.2, 0) is 6.54 Å². The number of hydrogen-bond donors (Lipinski definition) is 3. The van der Waals surface area contributed by atoms with Crippen molar-refractivity contribution >= 4 is 102 Å². The Morgan fingerprint density at radius 1 is 1.09 bits per heavy atom. The van der Waals surface area contributed by atoms with Crippen molar-refractivity contribution < 1.29 is 0 Å². The van der Waals surface area contributed by atoms with Gasteiger partial charge < -0.3 is 33.3 Å². The molecule has 4 N–H and O–H groups in total. The number of nitrogens with two attached hydrogens (primary N) is 1. The Hall–Kier alpha value is -0.869. The molecule has 0 aliphatic heterocycles. The van der Waals surface area contributed by atoms with Crippen molar-refractivity contribution in [1.82, 2.24) is 19.8 Å². The van der Waals surface area contributed by atoms with Gasteiger partial charge in [0.05, 0.1) is 5.52 Å². The zero-order valence-corrected chi connectivity index (χ0v) is 24.9. The molecule has 0 unspecified atom stereocenters. The standard InChI is InChI=1S/C24H27Cl2N6.CH3.Sr/c1-3-31(14-27)15-28-8-9-32-22-7-4-17(25)10-20(22)19-6-5-18(11-23(19)32)30-24-12-21(26)16(2)13-29-24;;/h3-7,10-13,28H,8-9,14-15,27H2,1-2H3,(H,29,30);1H3;/q2*-1;+2. The molecule has 6 nitrogen and oxygen atoms in total. The molecule has 0 saturated carbocycles. The van der Waals surface area contributed by atoms with Crippen LogP contribution in [0.1, 0.15) is 12.5 Å². The van der Waals surface area contributed by atoms with Gasteiger partial charge >= 0.3 is 45.5 Å². The van der Waals surface area contributed by atoms with Crippen molar-refractivity contribution in [2.45, 2.75) is 20.4 Å². The van der Waals surface area contributed by atoms with E-state index in [0.29, 0.717) is 24.2 Å². The second-order valence-corrected chi connectivity index (χ2v) is 8.52. The van der Waals surface area contributed by atoms with Gasteiger partial charge in [0.15, 0.2) is 0 Å². The van der Waals surface area contributed by atoms with E-state index in [1.807, 2.05) is 43.5 Å². The third-order valence-corrected chi connectivity index (χ3v) is 6.21. The maximum absolute atomic E-state index is 6.31. The van der Waals surface area contributed by atoms with Gasteiger partial charge in [0.1, 0.15) is 5.82 Å². The average molecular weight is 573 g/mol. The van der Waals surface area contributed by atoms with E-state index in [-0.39, 0.29) is 52.9 Å². The minimum atomic E-state index is 0. The zero-order valence-electron chi connectivity index (χ0n) is 19.9. The number of pyridine rings is 1. The van der Waals surface area contributed by atoms with Crippen LogP contribution in [0, 0.1) is 20.9 Å². The predicted molar refractivity (Wildman–Crippen MR) is 148 cm³/mol. The van der Waals surface area contributed by atoms with Crippen LogP contribution in [0.4, 0.5) is 11.5 Å². The molecule has 34 heavy (non-hydrogen) atoms. The molecule has 0 bridgehead atoms. The average Bonchev–Trinajstić information content (AvgIpc) is 3.08. The fourth-order valence-corrected chi connectivity index (χ4v) is 4.10. The predicted octanol–water partition coefficient (Wildman–Crippen LogP) is 5.56. The first-order valence-corrected chi connectivity index (χ1v) is 11.3. The number of nitrogens with zero attached hydrogens (tertiary/aromatic N) is 3. The molecule has 0 saturated heterocycles. The van der Waals surface area contributed by atoms with Crippen molar-refractivity contribution in [3.8, 4) is 0 Å². The van der Waals surface area contributed by atoms with E-state index in [1.54, 1.807) is 6.20 Å². The van der Waals surface area contributed by atoms with Gasteiger partial charge in [-0.2, -0.15) is 6.92 Å². The fourth-order valence-electron chi connectivity index (χ4n) is 3.78. The zero-order chi connectivity index (χ0) is 22.7. The van der Waals surface area contributed by atoms with Gasteiger partial charge in [0, 0.05) is 64.6 Å². The number of fused-ring (bicyclic) bond motifs is 3. The second kappa shape index (κ2) is 13.4. The van der Waals surface area contributed by atoms with Crippen LogP contribution >= 0.6 is 23.2 Å². The summed E-state index contributed by atoms with van der Waals surface area (Å²) in [4.78, 5) is 6.46. The van der Waals surface area contributed by atoms with E-state index in [0.717, 1.165) is 51.2 Å². The Labute approximate surface area is 249 Å². The minimum absolute atomic E-state index is 0. The van der Waals surface area contributed by atoms with Gasteiger partial charge in [0.2, 0.25) is 0 Å². The quantitative estimate of drug-likeness (QED) is 0.106. The Morgan fingerprint density at radius 2 is 1.88 bits per heavy atom. The molecule has 0 amide bonds. The van der Waals surface area contributed by atoms with E-state index >= 15 is 0 Å². The van der Waals surface area contributed by atoms with Crippen molar-refractivity contribution in [2.75, 3.05) is 25.2 Å². The molecule has 2 heterocycles. The van der Waals surface area contributed by atoms with Gasteiger partial charge in [0.25, 0.3) is 0 Å². The molecule has 0 aliphatic rings. The molecular formula is C25H30Cl2N6Sr. The molecular weight excluding hydrogens is 543 g/mol. The summed E-state index contributed by atoms with van der Waals surface area (Å²) in [7, 11) is 0.